The number of carbonyl (C=O) groups is 1. The summed E-state index contributed by atoms with van der Waals surface area (Å²) in [4.78, 5) is 16.0. The van der Waals surface area contributed by atoms with E-state index in [1.54, 1.807) is 36.5 Å². The Hall–Kier alpha value is -0.910. The van der Waals surface area contributed by atoms with Gasteiger partial charge < -0.3 is 5.32 Å². The largest absolute Gasteiger partial charge is 0.321 e. The summed E-state index contributed by atoms with van der Waals surface area (Å²) in [6.07, 6.45) is 1.61. The second-order valence-corrected chi connectivity index (χ2v) is 5.46. The lowest BCUT2D eigenvalue weighted by Gasteiger charge is -2.08. The molecule has 92 valence electrons. The maximum absolute atomic E-state index is 12.0. The lowest BCUT2D eigenvalue weighted by molar-refractivity contribution is 0.102. The summed E-state index contributed by atoms with van der Waals surface area (Å²) in [5, 5.41) is 3.38. The lowest BCUT2D eigenvalue weighted by atomic mass is 10.2. The number of hydrogen-bond donors (Lipinski definition) is 1. The van der Waals surface area contributed by atoms with Crippen molar-refractivity contribution < 1.29 is 4.79 Å². The van der Waals surface area contributed by atoms with Crippen LogP contribution in [0.5, 0.6) is 0 Å². The first-order valence-corrected chi connectivity index (χ1v) is 6.91. The predicted octanol–water partition coefficient (Wildman–Crippen LogP) is 4.51. The van der Waals surface area contributed by atoms with Crippen LogP contribution in [0.25, 0.3) is 0 Å². The van der Waals surface area contributed by atoms with Crippen molar-refractivity contribution in [1.82, 2.24) is 4.98 Å². The molecule has 1 N–H and O–H groups in total. The first-order chi connectivity index (χ1) is 8.58. The summed E-state index contributed by atoms with van der Waals surface area (Å²) < 4.78 is 1.23. The SMILES string of the molecule is O=C(Nc1ccc(Cl)cc1Br)c1cccnc1Br. The van der Waals surface area contributed by atoms with Crippen LogP contribution in [0.3, 0.4) is 0 Å². The van der Waals surface area contributed by atoms with Crippen LogP contribution in [-0.4, -0.2) is 10.9 Å². The molecular weight excluding hydrogens is 383 g/mol. The van der Waals surface area contributed by atoms with Crippen molar-refractivity contribution in [3.05, 3.63) is 56.2 Å². The molecule has 0 saturated heterocycles. The van der Waals surface area contributed by atoms with Crippen molar-refractivity contribution in [2.45, 2.75) is 0 Å². The molecule has 0 radical (unpaired) electrons. The first kappa shape index (κ1) is 13.5. The first-order valence-electron chi connectivity index (χ1n) is 4.95. The lowest BCUT2D eigenvalue weighted by Crippen LogP contribution is -2.13. The Labute approximate surface area is 126 Å². The fourth-order valence-electron chi connectivity index (χ4n) is 1.34. The number of carbonyl (C=O) groups excluding carboxylic acids is 1. The Morgan fingerprint density at radius 2 is 2.06 bits per heavy atom. The van der Waals surface area contributed by atoms with Gasteiger partial charge in [-0.05, 0) is 62.2 Å². The summed E-state index contributed by atoms with van der Waals surface area (Å²) in [6.45, 7) is 0. The van der Waals surface area contributed by atoms with Crippen molar-refractivity contribution in [2.75, 3.05) is 5.32 Å². The molecule has 6 heteroatoms. The number of amides is 1. The molecule has 0 spiro atoms. The molecule has 0 aliphatic rings. The molecule has 3 nitrogen and oxygen atoms in total. The molecule has 0 aliphatic carbocycles. The van der Waals surface area contributed by atoms with Gasteiger partial charge in [-0.3, -0.25) is 4.79 Å². The van der Waals surface area contributed by atoms with E-state index in [1.165, 1.54) is 0 Å². The molecule has 2 rings (SSSR count). The second-order valence-electron chi connectivity index (χ2n) is 3.42. The van der Waals surface area contributed by atoms with Gasteiger partial charge in [0.1, 0.15) is 4.60 Å². The fraction of sp³-hybridized carbons (Fsp3) is 0. The number of pyridine rings is 1. The second kappa shape index (κ2) is 5.82. The van der Waals surface area contributed by atoms with Gasteiger partial charge in [0.25, 0.3) is 5.91 Å². The van der Waals surface area contributed by atoms with Crippen molar-refractivity contribution in [3.63, 3.8) is 0 Å². The topological polar surface area (TPSA) is 42.0 Å². The van der Waals surface area contributed by atoms with Gasteiger partial charge >= 0.3 is 0 Å². The van der Waals surface area contributed by atoms with Crippen LogP contribution in [-0.2, 0) is 0 Å². The number of benzene rings is 1. The van der Waals surface area contributed by atoms with E-state index in [1.807, 2.05) is 0 Å². The number of hydrogen-bond acceptors (Lipinski definition) is 2. The Morgan fingerprint density at radius 3 is 2.72 bits per heavy atom. The van der Waals surface area contributed by atoms with Gasteiger partial charge in [-0.2, -0.15) is 0 Å². The molecule has 0 aliphatic heterocycles. The Balaban J connectivity index is 2.24. The van der Waals surface area contributed by atoms with E-state index in [4.69, 9.17) is 11.6 Å². The molecule has 1 aromatic heterocycles. The van der Waals surface area contributed by atoms with Gasteiger partial charge in [0, 0.05) is 15.7 Å². The normalized spacial score (nSPS) is 10.2. The summed E-state index contributed by atoms with van der Waals surface area (Å²) in [5.41, 5.74) is 1.12. The molecule has 0 atom stereocenters. The molecule has 18 heavy (non-hydrogen) atoms. The minimum absolute atomic E-state index is 0.238. The van der Waals surface area contributed by atoms with E-state index in [0.717, 1.165) is 4.47 Å². The van der Waals surface area contributed by atoms with E-state index < -0.39 is 0 Å². The van der Waals surface area contributed by atoms with E-state index in [-0.39, 0.29) is 5.91 Å². The van der Waals surface area contributed by atoms with Gasteiger partial charge in [-0.15, -0.1) is 0 Å². The molecule has 1 aromatic carbocycles. The Kier molecular flexibility index (Phi) is 4.37. The number of halogens is 3. The number of nitrogens with zero attached hydrogens (tertiary/aromatic N) is 1. The van der Waals surface area contributed by atoms with Gasteiger partial charge in [0.15, 0.2) is 0 Å². The highest BCUT2D eigenvalue weighted by Gasteiger charge is 2.12. The highest BCUT2D eigenvalue weighted by Crippen LogP contribution is 2.26. The van der Waals surface area contributed by atoms with Crippen molar-refractivity contribution >= 4 is 55.1 Å². The molecule has 1 heterocycles. The third-order valence-electron chi connectivity index (χ3n) is 2.18. The zero-order chi connectivity index (χ0) is 13.1. The van der Waals surface area contributed by atoms with Gasteiger partial charge in [-0.25, -0.2) is 4.98 Å². The van der Waals surface area contributed by atoms with Crippen LogP contribution in [0, 0.1) is 0 Å². The zero-order valence-electron chi connectivity index (χ0n) is 8.95. The maximum atomic E-state index is 12.0. The molecule has 0 fully saturated rings. The van der Waals surface area contributed by atoms with E-state index in [2.05, 4.69) is 42.2 Å². The number of aromatic nitrogens is 1. The molecule has 0 unspecified atom stereocenters. The molecule has 0 bridgehead atoms. The van der Waals surface area contributed by atoms with E-state index >= 15 is 0 Å². The maximum Gasteiger partial charge on any atom is 0.258 e. The summed E-state index contributed by atoms with van der Waals surface area (Å²) >= 11 is 12.4. The van der Waals surface area contributed by atoms with Crippen LogP contribution < -0.4 is 5.32 Å². The van der Waals surface area contributed by atoms with Crippen LogP contribution in [0.15, 0.2) is 45.6 Å². The van der Waals surface area contributed by atoms with E-state index in [0.29, 0.717) is 20.9 Å². The van der Waals surface area contributed by atoms with Gasteiger partial charge in [-0.1, -0.05) is 11.6 Å². The highest BCUT2D eigenvalue weighted by atomic mass is 79.9. The van der Waals surface area contributed by atoms with Crippen LogP contribution in [0.2, 0.25) is 5.02 Å². The average molecular weight is 390 g/mol. The Bertz CT molecular complexity index is 604. The van der Waals surface area contributed by atoms with Crippen LogP contribution >= 0.6 is 43.5 Å². The smallest absolute Gasteiger partial charge is 0.258 e. The molecule has 0 saturated carbocycles. The molecular formula is C12H7Br2ClN2O. The van der Waals surface area contributed by atoms with Gasteiger partial charge in [0.05, 0.1) is 11.3 Å². The summed E-state index contributed by atoms with van der Waals surface area (Å²) in [6, 6.07) is 8.55. The Morgan fingerprint density at radius 1 is 1.28 bits per heavy atom. The highest BCUT2D eigenvalue weighted by molar-refractivity contribution is 9.10. The average Bonchev–Trinajstić information content (AvgIpc) is 2.33. The molecule has 1 amide bonds. The van der Waals surface area contributed by atoms with E-state index in [9.17, 15) is 4.79 Å². The quantitative estimate of drug-likeness (QED) is 0.767. The number of anilines is 1. The summed E-state index contributed by atoms with van der Waals surface area (Å²) in [5.74, 6) is -0.238. The zero-order valence-corrected chi connectivity index (χ0v) is 12.9. The van der Waals surface area contributed by atoms with Crippen molar-refractivity contribution in [2.24, 2.45) is 0 Å². The number of nitrogens with one attached hydrogen (secondary N) is 1. The third-order valence-corrected chi connectivity index (χ3v) is 3.71. The summed E-state index contributed by atoms with van der Waals surface area (Å²) in [7, 11) is 0. The molecule has 2 aromatic rings. The third kappa shape index (κ3) is 3.10. The predicted molar refractivity (Wildman–Crippen MR) is 79.0 cm³/mol. The van der Waals surface area contributed by atoms with Crippen LogP contribution in [0.4, 0.5) is 5.69 Å². The fourth-order valence-corrected chi connectivity index (χ4v) is 2.55. The van der Waals surface area contributed by atoms with Crippen molar-refractivity contribution in [1.29, 1.82) is 0 Å². The van der Waals surface area contributed by atoms with Crippen LogP contribution in [0.1, 0.15) is 10.4 Å². The minimum atomic E-state index is -0.238. The minimum Gasteiger partial charge on any atom is -0.321 e. The van der Waals surface area contributed by atoms with Crippen molar-refractivity contribution in [3.8, 4) is 0 Å². The van der Waals surface area contributed by atoms with Gasteiger partial charge in [0.2, 0.25) is 0 Å². The standard InChI is InChI=1S/C12H7Br2ClN2O/c13-9-6-7(15)3-4-10(9)17-12(18)8-2-1-5-16-11(8)14/h1-6H,(H,17,18). The number of rotatable bonds is 2. The monoisotopic (exact) mass is 388 g/mol.